The lowest BCUT2D eigenvalue weighted by Gasteiger charge is -2.26. The molecule has 0 saturated carbocycles. The molecule has 2 nitrogen and oxygen atoms in total. The van der Waals surface area contributed by atoms with Crippen molar-refractivity contribution in [2.24, 2.45) is 0 Å². The summed E-state index contributed by atoms with van der Waals surface area (Å²) in [5.74, 6) is 1.57. The molecule has 2 unspecified atom stereocenters. The molecule has 0 spiro atoms. The Balaban J connectivity index is 2.14. The number of hydrogen-bond acceptors (Lipinski definition) is 3. The monoisotopic (exact) mass is 244 g/mol. The van der Waals surface area contributed by atoms with Crippen LogP contribution in [0.5, 0.6) is 0 Å². The molecule has 15 heavy (non-hydrogen) atoms. The van der Waals surface area contributed by atoms with Crippen LogP contribution in [0.4, 0.5) is 13.2 Å². The number of alkyl halides is 3. The predicted molar refractivity (Wildman–Crippen MR) is 53.0 cm³/mol. The third kappa shape index (κ3) is 5.63. The maximum Gasteiger partial charge on any atom is 0.389 e. The van der Waals surface area contributed by atoms with Crippen LogP contribution in [0.2, 0.25) is 0 Å². The molecular formula is C9H15F3O2S. The molecule has 0 bridgehead atoms. The van der Waals surface area contributed by atoms with E-state index in [0.717, 1.165) is 5.75 Å². The van der Waals surface area contributed by atoms with Gasteiger partial charge in [-0.3, -0.25) is 0 Å². The number of ether oxygens (including phenoxy) is 1. The smallest absolute Gasteiger partial charge is 0.389 e. The van der Waals surface area contributed by atoms with Crippen LogP contribution < -0.4 is 0 Å². The van der Waals surface area contributed by atoms with Gasteiger partial charge in [0.2, 0.25) is 0 Å². The Labute approximate surface area is 91.2 Å². The lowest BCUT2D eigenvalue weighted by molar-refractivity contribution is -0.137. The third-order valence-corrected chi connectivity index (χ3v) is 3.25. The lowest BCUT2D eigenvalue weighted by Crippen LogP contribution is -2.35. The fourth-order valence-electron chi connectivity index (χ4n) is 1.43. The van der Waals surface area contributed by atoms with Crippen LogP contribution in [0.15, 0.2) is 0 Å². The number of hydrogen-bond donors (Lipinski definition) is 1. The fourth-order valence-corrected chi connectivity index (χ4v) is 2.36. The van der Waals surface area contributed by atoms with Gasteiger partial charge in [0.1, 0.15) is 0 Å². The molecule has 90 valence electrons. The van der Waals surface area contributed by atoms with Crippen LogP contribution in [0.3, 0.4) is 0 Å². The van der Waals surface area contributed by atoms with Gasteiger partial charge in [-0.25, -0.2) is 0 Å². The minimum Gasteiger partial charge on any atom is -0.390 e. The summed E-state index contributed by atoms with van der Waals surface area (Å²) in [6.07, 6.45) is -5.89. The minimum atomic E-state index is -4.12. The fraction of sp³-hybridized carbons (Fsp3) is 1.00. The van der Waals surface area contributed by atoms with Crippen molar-refractivity contribution < 1.29 is 23.0 Å². The van der Waals surface area contributed by atoms with E-state index in [4.69, 9.17) is 4.74 Å². The van der Waals surface area contributed by atoms with Crippen LogP contribution in [0.25, 0.3) is 0 Å². The number of halogens is 3. The van der Waals surface area contributed by atoms with Crippen molar-refractivity contribution in [2.45, 2.75) is 37.6 Å². The molecular weight excluding hydrogens is 229 g/mol. The second-order valence-electron chi connectivity index (χ2n) is 3.56. The molecule has 2 atom stereocenters. The maximum absolute atomic E-state index is 11.8. The highest BCUT2D eigenvalue weighted by atomic mass is 32.2. The van der Waals surface area contributed by atoms with Crippen molar-refractivity contribution in [1.29, 1.82) is 0 Å². The van der Waals surface area contributed by atoms with E-state index in [1.807, 2.05) is 0 Å². The Morgan fingerprint density at radius 2 is 2.20 bits per heavy atom. The van der Waals surface area contributed by atoms with E-state index >= 15 is 0 Å². The number of rotatable bonds is 4. The highest BCUT2D eigenvalue weighted by molar-refractivity contribution is 7.99. The average Bonchev–Trinajstić information content (AvgIpc) is 2.17. The Morgan fingerprint density at radius 3 is 2.73 bits per heavy atom. The zero-order chi connectivity index (χ0) is 11.3. The van der Waals surface area contributed by atoms with Gasteiger partial charge in [-0.15, -0.1) is 0 Å². The highest BCUT2D eigenvalue weighted by Crippen LogP contribution is 2.24. The minimum absolute atomic E-state index is 0.0325. The summed E-state index contributed by atoms with van der Waals surface area (Å²) in [5, 5.41) is 9.57. The Hall–Kier alpha value is 0.0600. The van der Waals surface area contributed by atoms with E-state index in [1.54, 1.807) is 11.8 Å². The van der Waals surface area contributed by atoms with E-state index in [2.05, 4.69) is 0 Å². The van der Waals surface area contributed by atoms with Gasteiger partial charge in [0.15, 0.2) is 0 Å². The highest BCUT2D eigenvalue weighted by Gasteiger charge is 2.28. The van der Waals surface area contributed by atoms with Crippen molar-refractivity contribution in [3.63, 3.8) is 0 Å². The first-order valence-electron chi connectivity index (χ1n) is 4.93. The summed E-state index contributed by atoms with van der Waals surface area (Å²) in [6, 6.07) is 0. The van der Waals surface area contributed by atoms with Crippen LogP contribution in [0, 0.1) is 0 Å². The normalized spacial score (nSPS) is 25.2. The standard InChI is InChI=1S/C9H15F3O2S/c10-9(11,12)3-1-2-7(13)8-6-15-5-4-14-8/h7-8,13H,1-6H2. The molecule has 1 aliphatic heterocycles. The SMILES string of the molecule is OC(CCCC(F)(F)F)C1CSCCO1. The van der Waals surface area contributed by atoms with E-state index in [9.17, 15) is 18.3 Å². The molecule has 1 saturated heterocycles. The van der Waals surface area contributed by atoms with E-state index in [0.29, 0.717) is 12.4 Å². The largest absolute Gasteiger partial charge is 0.390 e. The molecule has 0 aliphatic carbocycles. The molecule has 0 aromatic carbocycles. The summed E-state index contributed by atoms with van der Waals surface area (Å²) >= 11 is 1.66. The molecule has 0 radical (unpaired) electrons. The summed E-state index contributed by atoms with van der Waals surface area (Å²) < 4.78 is 40.8. The Morgan fingerprint density at radius 1 is 1.47 bits per heavy atom. The van der Waals surface area contributed by atoms with Crippen molar-refractivity contribution in [3.8, 4) is 0 Å². The lowest BCUT2D eigenvalue weighted by atomic mass is 10.1. The number of aliphatic hydroxyl groups is 1. The molecule has 1 heterocycles. The second kappa shape index (κ2) is 5.96. The summed E-state index contributed by atoms with van der Waals surface area (Å²) in [4.78, 5) is 0. The molecule has 0 amide bonds. The molecule has 1 N–H and O–H groups in total. The van der Waals surface area contributed by atoms with E-state index < -0.39 is 18.7 Å². The van der Waals surface area contributed by atoms with Gasteiger partial charge < -0.3 is 9.84 Å². The Kier molecular flexibility index (Phi) is 5.22. The predicted octanol–water partition coefficient (Wildman–Crippen LogP) is 2.21. The van der Waals surface area contributed by atoms with Crippen molar-refractivity contribution >= 4 is 11.8 Å². The molecule has 1 fully saturated rings. The molecule has 1 aliphatic rings. The van der Waals surface area contributed by atoms with Crippen LogP contribution in [-0.4, -0.2) is 41.6 Å². The maximum atomic E-state index is 11.8. The van der Waals surface area contributed by atoms with Gasteiger partial charge in [0, 0.05) is 17.9 Å². The average molecular weight is 244 g/mol. The molecule has 0 aromatic heterocycles. The third-order valence-electron chi connectivity index (χ3n) is 2.23. The van der Waals surface area contributed by atoms with Gasteiger partial charge >= 0.3 is 6.18 Å². The van der Waals surface area contributed by atoms with Crippen molar-refractivity contribution in [1.82, 2.24) is 0 Å². The summed E-state index contributed by atoms with van der Waals surface area (Å²) in [7, 11) is 0. The summed E-state index contributed by atoms with van der Waals surface area (Å²) in [6.45, 7) is 0.575. The van der Waals surface area contributed by atoms with Gasteiger partial charge in [0.05, 0.1) is 18.8 Å². The quantitative estimate of drug-likeness (QED) is 0.822. The van der Waals surface area contributed by atoms with Gasteiger partial charge in [-0.2, -0.15) is 24.9 Å². The van der Waals surface area contributed by atoms with Gasteiger partial charge in [-0.05, 0) is 12.8 Å². The zero-order valence-corrected chi connectivity index (χ0v) is 9.11. The molecule has 1 rings (SSSR count). The first kappa shape index (κ1) is 13.1. The van der Waals surface area contributed by atoms with Crippen molar-refractivity contribution in [3.05, 3.63) is 0 Å². The van der Waals surface area contributed by atoms with E-state index in [-0.39, 0.29) is 18.9 Å². The summed E-state index contributed by atoms with van der Waals surface area (Å²) in [5.41, 5.74) is 0. The number of aliphatic hydroxyl groups excluding tert-OH is 1. The van der Waals surface area contributed by atoms with Crippen LogP contribution in [0.1, 0.15) is 19.3 Å². The van der Waals surface area contributed by atoms with Crippen LogP contribution >= 0.6 is 11.8 Å². The first-order chi connectivity index (χ1) is 6.99. The van der Waals surface area contributed by atoms with Crippen molar-refractivity contribution in [2.75, 3.05) is 18.1 Å². The second-order valence-corrected chi connectivity index (χ2v) is 4.71. The Bertz CT molecular complexity index is 181. The van der Waals surface area contributed by atoms with E-state index in [1.165, 1.54) is 0 Å². The number of thioether (sulfide) groups is 1. The topological polar surface area (TPSA) is 29.5 Å². The zero-order valence-electron chi connectivity index (χ0n) is 8.29. The van der Waals surface area contributed by atoms with Crippen LogP contribution in [-0.2, 0) is 4.74 Å². The van der Waals surface area contributed by atoms with Gasteiger partial charge in [-0.1, -0.05) is 0 Å². The van der Waals surface area contributed by atoms with Gasteiger partial charge in [0.25, 0.3) is 0 Å². The first-order valence-corrected chi connectivity index (χ1v) is 6.08. The molecule has 6 heteroatoms. The molecule has 0 aromatic rings.